The number of nitrogens with one attached hydrogen (secondary N) is 1. The summed E-state index contributed by atoms with van der Waals surface area (Å²) in [6.07, 6.45) is 2.90. The van der Waals surface area contributed by atoms with Crippen LogP contribution in [-0.4, -0.2) is 20.9 Å². The second-order valence-electron chi connectivity index (χ2n) is 5.52. The standard InChI is InChI=1S/C19H17FN4O/c1-3-19(25)21-11-15-5-4-14(13-6-8-16(20)9-7-13)10-17(15)18-12-22-24(2)23-18/h3-10,12H,1,11H2,2H3,(H,21,25). The lowest BCUT2D eigenvalue weighted by atomic mass is 9.97. The molecule has 0 radical (unpaired) electrons. The molecule has 0 atom stereocenters. The van der Waals surface area contributed by atoms with Gasteiger partial charge in [-0.05, 0) is 41.0 Å². The van der Waals surface area contributed by atoms with Gasteiger partial charge >= 0.3 is 0 Å². The Balaban J connectivity index is 2.02. The van der Waals surface area contributed by atoms with E-state index in [1.807, 2.05) is 18.2 Å². The fourth-order valence-corrected chi connectivity index (χ4v) is 2.51. The molecule has 126 valence electrons. The van der Waals surface area contributed by atoms with E-state index in [4.69, 9.17) is 0 Å². The molecule has 1 aromatic heterocycles. The van der Waals surface area contributed by atoms with Crippen molar-refractivity contribution < 1.29 is 9.18 Å². The first-order valence-corrected chi connectivity index (χ1v) is 7.72. The third kappa shape index (κ3) is 3.80. The molecule has 3 aromatic rings. The number of halogens is 1. The molecule has 0 fully saturated rings. The van der Waals surface area contributed by atoms with Crippen molar-refractivity contribution in [1.82, 2.24) is 20.3 Å². The van der Waals surface area contributed by atoms with E-state index in [9.17, 15) is 9.18 Å². The number of amides is 1. The van der Waals surface area contributed by atoms with Gasteiger partial charge in [-0.3, -0.25) is 4.79 Å². The maximum Gasteiger partial charge on any atom is 0.243 e. The van der Waals surface area contributed by atoms with Crippen LogP contribution in [0.3, 0.4) is 0 Å². The quantitative estimate of drug-likeness (QED) is 0.729. The molecule has 0 saturated heterocycles. The maximum absolute atomic E-state index is 13.2. The number of nitrogens with zero attached hydrogens (tertiary/aromatic N) is 3. The highest BCUT2D eigenvalue weighted by molar-refractivity contribution is 5.87. The van der Waals surface area contributed by atoms with Crippen LogP contribution in [0.25, 0.3) is 22.4 Å². The molecule has 0 saturated carbocycles. The summed E-state index contributed by atoms with van der Waals surface area (Å²) in [6, 6.07) is 12.1. The van der Waals surface area contributed by atoms with E-state index >= 15 is 0 Å². The summed E-state index contributed by atoms with van der Waals surface area (Å²) >= 11 is 0. The molecule has 25 heavy (non-hydrogen) atoms. The number of carbonyl (C=O) groups excluding carboxylic acids is 1. The molecule has 5 nitrogen and oxygen atoms in total. The molecule has 0 aliphatic rings. The van der Waals surface area contributed by atoms with E-state index in [0.29, 0.717) is 12.2 Å². The Hall–Kier alpha value is -3.28. The first-order valence-electron chi connectivity index (χ1n) is 7.72. The zero-order valence-electron chi connectivity index (χ0n) is 13.7. The Morgan fingerprint density at radius 1 is 1.24 bits per heavy atom. The number of hydrogen-bond donors (Lipinski definition) is 1. The van der Waals surface area contributed by atoms with Crippen LogP contribution in [0.5, 0.6) is 0 Å². The van der Waals surface area contributed by atoms with Crippen LogP contribution in [0.2, 0.25) is 0 Å². The largest absolute Gasteiger partial charge is 0.348 e. The first kappa shape index (κ1) is 16.6. The number of carbonyl (C=O) groups is 1. The summed E-state index contributed by atoms with van der Waals surface area (Å²) < 4.78 is 13.2. The molecule has 1 amide bonds. The van der Waals surface area contributed by atoms with Gasteiger partial charge in [-0.2, -0.15) is 15.0 Å². The second kappa shape index (κ2) is 7.09. The third-order valence-electron chi connectivity index (χ3n) is 3.80. The van der Waals surface area contributed by atoms with Gasteiger partial charge in [0, 0.05) is 19.2 Å². The average Bonchev–Trinajstić information content (AvgIpc) is 3.06. The van der Waals surface area contributed by atoms with Crippen molar-refractivity contribution in [3.8, 4) is 22.4 Å². The van der Waals surface area contributed by atoms with E-state index < -0.39 is 0 Å². The van der Waals surface area contributed by atoms with E-state index in [0.717, 1.165) is 22.3 Å². The lowest BCUT2D eigenvalue weighted by Crippen LogP contribution is -2.20. The highest BCUT2D eigenvalue weighted by Crippen LogP contribution is 2.28. The molecule has 0 bridgehead atoms. The fourth-order valence-electron chi connectivity index (χ4n) is 2.51. The Bertz CT molecular complexity index is 915. The molecule has 0 aliphatic heterocycles. The highest BCUT2D eigenvalue weighted by atomic mass is 19.1. The van der Waals surface area contributed by atoms with Crippen molar-refractivity contribution in [2.75, 3.05) is 0 Å². The molecule has 0 spiro atoms. The van der Waals surface area contributed by atoms with Gasteiger partial charge in [0.05, 0.1) is 6.20 Å². The number of benzene rings is 2. The Labute approximate surface area is 144 Å². The van der Waals surface area contributed by atoms with Crippen LogP contribution in [0.1, 0.15) is 5.56 Å². The molecule has 1 heterocycles. The normalized spacial score (nSPS) is 10.5. The van der Waals surface area contributed by atoms with Crippen molar-refractivity contribution in [3.05, 3.63) is 72.7 Å². The molecule has 6 heteroatoms. The van der Waals surface area contributed by atoms with Crippen LogP contribution in [0, 0.1) is 5.82 Å². The predicted octanol–water partition coefficient (Wildman–Crippen LogP) is 3.09. The van der Waals surface area contributed by atoms with Crippen LogP contribution >= 0.6 is 0 Å². The smallest absolute Gasteiger partial charge is 0.243 e. The number of hydrogen-bond acceptors (Lipinski definition) is 3. The molecule has 0 aliphatic carbocycles. The lowest BCUT2D eigenvalue weighted by Gasteiger charge is -2.11. The zero-order chi connectivity index (χ0) is 17.8. The van der Waals surface area contributed by atoms with Gasteiger partial charge in [-0.1, -0.05) is 30.8 Å². The Morgan fingerprint density at radius 2 is 1.96 bits per heavy atom. The van der Waals surface area contributed by atoms with Gasteiger partial charge < -0.3 is 5.32 Å². The van der Waals surface area contributed by atoms with Gasteiger partial charge in [0.15, 0.2) is 0 Å². The van der Waals surface area contributed by atoms with Crippen LogP contribution in [0.4, 0.5) is 4.39 Å². The summed E-state index contributed by atoms with van der Waals surface area (Å²) in [4.78, 5) is 12.9. The van der Waals surface area contributed by atoms with Crippen molar-refractivity contribution in [1.29, 1.82) is 0 Å². The maximum atomic E-state index is 13.2. The van der Waals surface area contributed by atoms with Crippen molar-refractivity contribution in [2.45, 2.75) is 6.54 Å². The van der Waals surface area contributed by atoms with Crippen molar-refractivity contribution in [3.63, 3.8) is 0 Å². The van der Waals surface area contributed by atoms with Gasteiger partial charge in [-0.15, -0.1) is 0 Å². The summed E-state index contributed by atoms with van der Waals surface area (Å²) in [5.74, 6) is -0.519. The topological polar surface area (TPSA) is 59.8 Å². The highest BCUT2D eigenvalue weighted by Gasteiger charge is 2.11. The predicted molar refractivity (Wildman–Crippen MR) is 93.9 cm³/mol. The minimum atomic E-state index is -0.276. The lowest BCUT2D eigenvalue weighted by molar-refractivity contribution is -0.116. The van der Waals surface area contributed by atoms with Crippen LogP contribution < -0.4 is 5.32 Å². The summed E-state index contributed by atoms with van der Waals surface area (Å²) in [7, 11) is 1.74. The molecule has 2 aromatic carbocycles. The molecule has 0 unspecified atom stereocenters. The van der Waals surface area contributed by atoms with Crippen LogP contribution in [-0.2, 0) is 18.4 Å². The van der Waals surface area contributed by atoms with Gasteiger partial charge in [0.25, 0.3) is 0 Å². The monoisotopic (exact) mass is 336 g/mol. The van der Waals surface area contributed by atoms with Gasteiger partial charge in [0.2, 0.25) is 5.91 Å². The number of aryl methyl sites for hydroxylation is 1. The van der Waals surface area contributed by atoms with E-state index in [1.54, 1.807) is 25.4 Å². The average molecular weight is 336 g/mol. The fraction of sp³-hybridized carbons (Fsp3) is 0.105. The minimum Gasteiger partial charge on any atom is -0.348 e. The van der Waals surface area contributed by atoms with E-state index in [2.05, 4.69) is 22.1 Å². The van der Waals surface area contributed by atoms with E-state index in [-0.39, 0.29) is 11.7 Å². The van der Waals surface area contributed by atoms with E-state index in [1.165, 1.54) is 23.0 Å². The number of rotatable bonds is 5. The molecular formula is C19H17FN4O. The molecule has 3 rings (SSSR count). The summed E-state index contributed by atoms with van der Waals surface area (Å²) in [5, 5.41) is 11.2. The Kier molecular flexibility index (Phi) is 4.70. The van der Waals surface area contributed by atoms with Gasteiger partial charge in [-0.25, -0.2) is 4.39 Å². The number of aromatic nitrogens is 3. The third-order valence-corrected chi connectivity index (χ3v) is 3.80. The second-order valence-corrected chi connectivity index (χ2v) is 5.52. The SMILES string of the molecule is C=CC(=O)NCc1ccc(-c2ccc(F)cc2)cc1-c1cnn(C)n1. The zero-order valence-corrected chi connectivity index (χ0v) is 13.7. The minimum absolute atomic E-state index is 0.243. The first-order chi connectivity index (χ1) is 12.1. The molecular weight excluding hydrogens is 319 g/mol. The Morgan fingerprint density at radius 3 is 2.60 bits per heavy atom. The van der Waals surface area contributed by atoms with Crippen LogP contribution in [0.15, 0.2) is 61.3 Å². The summed E-state index contributed by atoms with van der Waals surface area (Å²) in [5.41, 5.74) is 4.29. The van der Waals surface area contributed by atoms with Crippen molar-refractivity contribution in [2.24, 2.45) is 7.05 Å². The summed E-state index contributed by atoms with van der Waals surface area (Å²) in [6.45, 7) is 3.80. The molecule has 1 N–H and O–H groups in total. The van der Waals surface area contributed by atoms with Gasteiger partial charge in [0.1, 0.15) is 11.5 Å². The van der Waals surface area contributed by atoms with Crippen molar-refractivity contribution >= 4 is 5.91 Å².